The Kier molecular flexibility index (Phi) is 2.46. The van der Waals surface area contributed by atoms with Gasteiger partial charge < -0.3 is 15.3 Å². The second-order valence-electron chi connectivity index (χ2n) is 4.15. The summed E-state index contributed by atoms with van der Waals surface area (Å²) < 4.78 is 0. The second-order valence-corrected chi connectivity index (χ2v) is 4.15. The summed E-state index contributed by atoms with van der Waals surface area (Å²) in [5.74, 6) is 0. The molecule has 0 saturated carbocycles. The van der Waals surface area contributed by atoms with Crippen LogP contribution in [0.3, 0.4) is 0 Å². The second kappa shape index (κ2) is 4.11. The highest BCUT2D eigenvalue weighted by molar-refractivity contribution is 5.75. The van der Waals surface area contributed by atoms with Gasteiger partial charge in [-0.15, -0.1) is 0 Å². The molecule has 3 nitrogen and oxygen atoms in total. The molecule has 0 aromatic heterocycles. The molecule has 0 aliphatic carbocycles. The summed E-state index contributed by atoms with van der Waals surface area (Å²) in [7, 11) is 0. The number of anilines is 2. The number of nitrogens with zero attached hydrogens (tertiary/aromatic N) is 1. The zero-order valence-electron chi connectivity index (χ0n) is 9.38. The first-order chi connectivity index (χ1) is 8.34. The number of hydrogen-bond acceptors (Lipinski definition) is 3. The Labute approximate surface area is 100 Å². The normalized spacial score (nSPS) is 17.7. The quantitative estimate of drug-likeness (QED) is 0.825. The minimum atomic E-state index is -0.646. The molecule has 0 unspecified atom stereocenters. The average Bonchev–Trinajstić information content (AvgIpc) is 2.68. The molecule has 0 saturated heterocycles. The minimum absolute atomic E-state index is 0.646. The summed E-state index contributed by atoms with van der Waals surface area (Å²) in [6.07, 6.45) is -0.646. The molecule has 1 heterocycles. The van der Waals surface area contributed by atoms with Gasteiger partial charge in [-0.1, -0.05) is 42.5 Å². The average molecular weight is 226 g/mol. The smallest absolute Gasteiger partial charge is 0.205 e. The predicted octanol–water partition coefficient (Wildman–Crippen LogP) is 2.39. The van der Waals surface area contributed by atoms with Crippen molar-refractivity contribution in [3.05, 3.63) is 60.2 Å². The van der Waals surface area contributed by atoms with Crippen LogP contribution in [0.2, 0.25) is 0 Å². The van der Waals surface area contributed by atoms with Crippen molar-refractivity contribution in [2.45, 2.75) is 12.9 Å². The number of aliphatic hydroxyl groups excluding tert-OH is 1. The molecule has 2 N–H and O–H groups in total. The fourth-order valence-electron chi connectivity index (χ4n) is 2.15. The fourth-order valence-corrected chi connectivity index (χ4v) is 2.15. The van der Waals surface area contributed by atoms with Crippen LogP contribution in [0, 0.1) is 0 Å². The standard InChI is InChI=1S/C14H14N2O/c17-14-15-12-8-4-5-9-13(12)16(14)10-11-6-2-1-3-7-11/h1-9,14-15,17H,10H2/t14-/m0/s1. The van der Waals surface area contributed by atoms with Gasteiger partial charge in [0.05, 0.1) is 11.4 Å². The molecule has 2 aromatic rings. The molecular formula is C14H14N2O. The summed E-state index contributed by atoms with van der Waals surface area (Å²) >= 11 is 0. The molecule has 0 spiro atoms. The summed E-state index contributed by atoms with van der Waals surface area (Å²) in [4.78, 5) is 1.95. The van der Waals surface area contributed by atoms with Crippen molar-refractivity contribution in [1.82, 2.24) is 0 Å². The number of benzene rings is 2. The van der Waals surface area contributed by atoms with Crippen LogP contribution >= 0.6 is 0 Å². The first-order valence-electron chi connectivity index (χ1n) is 5.69. The third-order valence-electron chi connectivity index (χ3n) is 2.99. The first-order valence-corrected chi connectivity index (χ1v) is 5.69. The summed E-state index contributed by atoms with van der Waals surface area (Å²) in [5.41, 5.74) is 3.21. The number of fused-ring (bicyclic) bond motifs is 1. The van der Waals surface area contributed by atoms with Crippen molar-refractivity contribution in [3.8, 4) is 0 Å². The summed E-state index contributed by atoms with van der Waals surface area (Å²) in [6, 6.07) is 18.1. The van der Waals surface area contributed by atoms with Gasteiger partial charge in [0.1, 0.15) is 0 Å². The zero-order chi connectivity index (χ0) is 11.7. The van der Waals surface area contributed by atoms with E-state index in [4.69, 9.17) is 0 Å². The van der Waals surface area contributed by atoms with Gasteiger partial charge in [0.2, 0.25) is 6.35 Å². The SMILES string of the molecule is O[C@H]1Nc2ccccc2N1Cc1ccccc1. The molecule has 86 valence electrons. The largest absolute Gasteiger partial charge is 0.356 e. The van der Waals surface area contributed by atoms with Crippen LogP contribution in [0.15, 0.2) is 54.6 Å². The van der Waals surface area contributed by atoms with E-state index < -0.39 is 6.35 Å². The Balaban J connectivity index is 1.89. The topological polar surface area (TPSA) is 35.5 Å². The van der Waals surface area contributed by atoms with E-state index in [1.807, 2.05) is 47.4 Å². The lowest BCUT2D eigenvalue weighted by Crippen LogP contribution is -2.34. The van der Waals surface area contributed by atoms with Crippen molar-refractivity contribution in [3.63, 3.8) is 0 Å². The van der Waals surface area contributed by atoms with E-state index in [2.05, 4.69) is 17.4 Å². The highest BCUT2D eigenvalue weighted by Gasteiger charge is 2.25. The third-order valence-corrected chi connectivity index (χ3v) is 2.99. The lowest BCUT2D eigenvalue weighted by molar-refractivity contribution is 0.202. The van der Waals surface area contributed by atoms with E-state index in [9.17, 15) is 5.11 Å². The molecule has 0 radical (unpaired) electrons. The third kappa shape index (κ3) is 1.85. The number of hydrogen-bond donors (Lipinski definition) is 2. The number of rotatable bonds is 2. The van der Waals surface area contributed by atoms with Gasteiger partial charge in [-0.05, 0) is 17.7 Å². The minimum Gasteiger partial charge on any atom is -0.356 e. The maximum atomic E-state index is 9.99. The van der Waals surface area contributed by atoms with Crippen LogP contribution in [0.5, 0.6) is 0 Å². The Morgan fingerprint density at radius 1 is 1.00 bits per heavy atom. The maximum Gasteiger partial charge on any atom is 0.205 e. The number of para-hydroxylation sites is 2. The van der Waals surface area contributed by atoms with Gasteiger partial charge in [-0.25, -0.2) is 0 Å². The molecule has 17 heavy (non-hydrogen) atoms. The van der Waals surface area contributed by atoms with Gasteiger partial charge in [0, 0.05) is 6.54 Å². The van der Waals surface area contributed by atoms with Crippen LogP contribution in [0.25, 0.3) is 0 Å². The Hall–Kier alpha value is -2.00. The summed E-state index contributed by atoms with van der Waals surface area (Å²) in [5, 5.41) is 13.0. The number of aliphatic hydroxyl groups is 1. The van der Waals surface area contributed by atoms with Crippen molar-refractivity contribution < 1.29 is 5.11 Å². The number of nitrogens with one attached hydrogen (secondary N) is 1. The van der Waals surface area contributed by atoms with Crippen LogP contribution in [0.1, 0.15) is 5.56 Å². The Bertz CT molecular complexity index is 513. The predicted molar refractivity (Wildman–Crippen MR) is 68.7 cm³/mol. The van der Waals surface area contributed by atoms with Gasteiger partial charge in [-0.2, -0.15) is 0 Å². The van der Waals surface area contributed by atoms with Crippen molar-refractivity contribution in [2.24, 2.45) is 0 Å². The Morgan fingerprint density at radius 3 is 2.53 bits per heavy atom. The highest BCUT2D eigenvalue weighted by Crippen LogP contribution is 2.34. The molecule has 0 fully saturated rings. The monoisotopic (exact) mass is 226 g/mol. The molecule has 1 aliphatic heterocycles. The van der Waals surface area contributed by atoms with Gasteiger partial charge in [0.15, 0.2) is 0 Å². The highest BCUT2D eigenvalue weighted by atomic mass is 16.3. The van der Waals surface area contributed by atoms with E-state index in [-0.39, 0.29) is 0 Å². The van der Waals surface area contributed by atoms with E-state index >= 15 is 0 Å². The van der Waals surface area contributed by atoms with E-state index in [0.717, 1.165) is 11.4 Å². The Morgan fingerprint density at radius 2 is 1.71 bits per heavy atom. The van der Waals surface area contributed by atoms with Crippen molar-refractivity contribution in [1.29, 1.82) is 0 Å². The zero-order valence-corrected chi connectivity index (χ0v) is 9.38. The van der Waals surface area contributed by atoms with Crippen LogP contribution in [-0.2, 0) is 6.54 Å². The molecule has 3 rings (SSSR count). The lowest BCUT2D eigenvalue weighted by Gasteiger charge is -2.22. The van der Waals surface area contributed by atoms with Gasteiger partial charge in [-0.3, -0.25) is 0 Å². The van der Waals surface area contributed by atoms with Crippen LogP contribution in [-0.4, -0.2) is 11.5 Å². The summed E-state index contributed by atoms with van der Waals surface area (Å²) in [6.45, 7) is 0.700. The van der Waals surface area contributed by atoms with Crippen molar-refractivity contribution in [2.75, 3.05) is 10.2 Å². The van der Waals surface area contributed by atoms with E-state index in [0.29, 0.717) is 6.54 Å². The molecular weight excluding hydrogens is 212 g/mol. The van der Waals surface area contributed by atoms with E-state index in [1.54, 1.807) is 0 Å². The molecule has 1 atom stereocenters. The van der Waals surface area contributed by atoms with Crippen molar-refractivity contribution >= 4 is 11.4 Å². The molecule has 2 aromatic carbocycles. The van der Waals surface area contributed by atoms with Crippen LogP contribution in [0.4, 0.5) is 11.4 Å². The van der Waals surface area contributed by atoms with E-state index in [1.165, 1.54) is 5.56 Å². The maximum absolute atomic E-state index is 9.99. The molecule has 0 amide bonds. The lowest BCUT2D eigenvalue weighted by atomic mass is 10.2. The van der Waals surface area contributed by atoms with Gasteiger partial charge >= 0.3 is 0 Å². The van der Waals surface area contributed by atoms with Crippen LogP contribution < -0.4 is 10.2 Å². The fraction of sp³-hybridized carbons (Fsp3) is 0.143. The first kappa shape index (κ1) is 10.2. The molecule has 0 bridgehead atoms. The molecule has 1 aliphatic rings. The van der Waals surface area contributed by atoms with Gasteiger partial charge in [0.25, 0.3) is 0 Å². The molecule has 3 heteroatoms.